The monoisotopic (exact) mass is 396 g/mol. The van der Waals surface area contributed by atoms with Crippen LogP contribution in [0.3, 0.4) is 0 Å². The number of anilines is 1. The van der Waals surface area contributed by atoms with Crippen LogP contribution in [0.1, 0.15) is 24.8 Å². The molecule has 2 aromatic carbocycles. The van der Waals surface area contributed by atoms with Gasteiger partial charge in [-0.3, -0.25) is 19.7 Å². The van der Waals surface area contributed by atoms with Crippen LogP contribution in [0.4, 0.5) is 11.4 Å². The highest BCUT2D eigenvalue weighted by atomic mass is 16.6. The number of rotatable bonds is 7. The van der Waals surface area contributed by atoms with Gasteiger partial charge >= 0.3 is 0 Å². The van der Waals surface area contributed by atoms with Gasteiger partial charge in [-0.05, 0) is 11.6 Å². The lowest BCUT2D eigenvalue weighted by molar-refractivity contribution is -0.384. The molecule has 1 aliphatic rings. The number of hydrogen-bond donors (Lipinski definition) is 1. The van der Waals surface area contributed by atoms with E-state index in [2.05, 4.69) is 10.4 Å². The Hall–Kier alpha value is -3.75. The number of hydrogen-bond acceptors (Lipinski definition) is 6. The van der Waals surface area contributed by atoms with Gasteiger partial charge in [-0.25, -0.2) is 5.01 Å². The summed E-state index contributed by atoms with van der Waals surface area (Å²) >= 11 is 0. The van der Waals surface area contributed by atoms with Crippen LogP contribution in [0.5, 0.6) is 5.75 Å². The predicted molar refractivity (Wildman–Crippen MR) is 107 cm³/mol. The van der Waals surface area contributed by atoms with Crippen LogP contribution in [-0.2, 0) is 9.59 Å². The van der Waals surface area contributed by atoms with Crippen molar-refractivity contribution in [2.24, 2.45) is 5.10 Å². The van der Waals surface area contributed by atoms with Crippen LogP contribution < -0.4 is 10.1 Å². The first-order valence-corrected chi connectivity index (χ1v) is 9.03. The van der Waals surface area contributed by atoms with Crippen LogP contribution >= 0.6 is 0 Å². The van der Waals surface area contributed by atoms with Gasteiger partial charge < -0.3 is 10.1 Å². The third-order valence-corrected chi connectivity index (χ3v) is 4.43. The van der Waals surface area contributed by atoms with Crippen molar-refractivity contribution in [2.75, 3.05) is 19.0 Å². The molecule has 1 heterocycles. The average Bonchev–Trinajstić information content (AvgIpc) is 3.23. The molecule has 9 heteroatoms. The Morgan fingerprint density at radius 3 is 2.66 bits per heavy atom. The highest BCUT2D eigenvalue weighted by Gasteiger charge is 2.22. The number of ether oxygens (including phenoxy) is 1. The SMILES string of the molecule is COc1ccc([N+](=O)[O-])cc1NC(=O)CCC(=O)N1CCC(c2ccccc2)=N1. The van der Waals surface area contributed by atoms with Gasteiger partial charge in [-0.2, -0.15) is 5.10 Å². The van der Waals surface area contributed by atoms with Gasteiger partial charge in [-0.1, -0.05) is 30.3 Å². The van der Waals surface area contributed by atoms with Crippen molar-refractivity contribution in [1.29, 1.82) is 0 Å². The van der Waals surface area contributed by atoms with Gasteiger partial charge in [0.25, 0.3) is 5.69 Å². The molecule has 2 amide bonds. The van der Waals surface area contributed by atoms with Crippen molar-refractivity contribution >= 4 is 28.9 Å². The number of hydrazone groups is 1. The van der Waals surface area contributed by atoms with E-state index in [-0.39, 0.29) is 30.1 Å². The fraction of sp³-hybridized carbons (Fsp3) is 0.250. The van der Waals surface area contributed by atoms with Crippen molar-refractivity contribution in [1.82, 2.24) is 5.01 Å². The minimum Gasteiger partial charge on any atom is -0.495 e. The number of nitro groups is 1. The molecule has 0 fully saturated rings. The number of nitro benzene ring substituents is 1. The Labute approximate surface area is 167 Å². The maximum Gasteiger partial charge on any atom is 0.271 e. The van der Waals surface area contributed by atoms with E-state index in [0.717, 1.165) is 11.3 Å². The first kappa shape index (κ1) is 20.0. The molecular formula is C20H20N4O5. The summed E-state index contributed by atoms with van der Waals surface area (Å²) in [6, 6.07) is 13.5. The van der Waals surface area contributed by atoms with Crippen molar-refractivity contribution in [2.45, 2.75) is 19.3 Å². The molecular weight excluding hydrogens is 376 g/mol. The van der Waals surface area contributed by atoms with Gasteiger partial charge in [0.1, 0.15) is 5.75 Å². The summed E-state index contributed by atoms with van der Waals surface area (Å²) in [6.45, 7) is 0.476. The van der Waals surface area contributed by atoms with Gasteiger partial charge in [0.05, 0.1) is 30.0 Å². The first-order chi connectivity index (χ1) is 14.0. The Kier molecular flexibility index (Phi) is 6.18. The number of benzene rings is 2. The summed E-state index contributed by atoms with van der Waals surface area (Å²) in [6.07, 6.45) is 0.568. The molecule has 3 rings (SSSR count). The van der Waals surface area contributed by atoms with E-state index in [1.807, 2.05) is 30.3 Å². The highest BCUT2D eigenvalue weighted by molar-refractivity contribution is 6.03. The number of non-ortho nitro benzene ring substituents is 1. The fourth-order valence-electron chi connectivity index (χ4n) is 2.94. The number of methoxy groups -OCH3 is 1. The molecule has 0 atom stereocenters. The second-order valence-corrected chi connectivity index (χ2v) is 6.37. The first-order valence-electron chi connectivity index (χ1n) is 9.03. The summed E-state index contributed by atoms with van der Waals surface area (Å²) in [7, 11) is 1.40. The second kappa shape index (κ2) is 8.96. The molecule has 9 nitrogen and oxygen atoms in total. The maximum atomic E-state index is 12.4. The molecule has 0 aliphatic carbocycles. The second-order valence-electron chi connectivity index (χ2n) is 6.37. The lowest BCUT2D eigenvalue weighted by Gasteiger charge is -2.12. The summed E-state index contributed by atoms with van der Waals surface area (Å²) in [5, 5.41) is 19.2. The Morgan fingerprint density at radius 2 is 1.97 bits per heavy atom. The Bertz CT molecular complexity index is 959. The minimum absolute atomic E-state index is 0.0192. The zero-order valence-electron chi connectivity index (χ0n) is 15.8. The highest BCUT2D eigenvalue weighted by Crippen LogP contribution is 2.29. The van der Waals surface area contributed by atoms with E-state index in [1.165, 1.54) is 30.3 Å². The summed E-state index contributed by atoms with van der Waals surface area (Å²) in [4.78, 5) is 35.0. The quantitative estimate of drug-likeness (QED) is 0.571. The third kappa shape index (κ3) is 4.95. The van der Waals surface area contributed by atoms with Crippen molar-refractivity contribution in [3.63, 3.8) is 0 Å². The fourth-order valence-corrected chi connectivity index (χ4v) is 2.94. The van der Waals surface area contributed by atoms with Crippen LogP contribution in [0, 0.1) is 10.1 Å². The maximum absolute atomic E-state index is 12.4. The normalized spacial score (nSPS) is 13.0. The number of carbonyl (C=O) groups excluding carboxylic acids is 2. The van der Waals surface area contributed by atoms with Gasteiger partial charge in [0.15, 0.2) is 0 Å². The third-order valence-electron chi connectivity index (χ3n) is 4.43. The molecule has 0 spiro atoms. The smallest absolute Gasteiger partial charge is 0.271 e. The van der Waals surface area contributed by atoms with Gasteiger partial charge in [0.2, 0.25) is 11.8 Å². The number of carbonyl (C=O) groups is 2. The largest absolute Gasteiger partial charge is 0.495 e. The van der Waals surface area contributed by atoms with Crippen molar-refractivity contribution < 1.29 is 19.2 Å². The van der Waals surface area contributed by atoms with Gasteiger partial charge in [0, 0.05) is 31.4 Å². The van der Waals surface area contributed by atoms with Crippen LogP contribution in [0.2, 0.25) is 0 Å². The van der Waals surface area contributed by atoms with Crippen LogP contribution in [0.25, 0.3) is 0 Å². The molecule has 0 radical (unpaired) electrons. The predicted octanol–water partition coefficient (Wildman–Crippen LogP) is 2.96. The molecule has 1 N–H and O–H groups in total. The van der Waals surface area contributed by atoms with E-state index in [4.69, 9.17) is 4.74 Å². The van der Waals surface area contributed by atoms with Crippen LogP contribution in [0.15, 0.2) is 53.6 Å². The van der Waals surface area contributed by atoms with E-state index in [0.29, 0.717) is 18.7 Å². The van der Waals surface area contributed by atoms with E-state index in [1.54, 1.807) is 0 Å². The average molecular weight is 396 g/mol. The van der Waals surface area contributed by atoms with Crippen molar-refractivity contribution in [3.05, 3.63) is 64.2 Å². The van der Waals surface area contributed by atoms with E-state index >= 15 is 0 Å². The molecule has 0 bridgehead atoms. The molecule has 2 aromatic rings. The topological polar surface area (TPSA) is 114 Å². The Morgan fingerprint density at radius 1 is 1.21 bits per heavy atom. The molecule has 29 heavy (non-hydrogen) atoms. The molecule has 1 aliphatic heterocycles. The summed E-state index contributed by atoms with van der Waals surface area (Å²) < 4.78 is 5.11. The molecule has 0 unspecified atom stereocenters. The standard InChI is InChI=1S/C20H20N4O5/c1-29-18-8-7-15(24(27)28)13-17(18)21-19(25)9-10-20(26)23-12-11-16(22-23)14-5-3-2-4-6-14/h2-8,13H,9-12H2,1H3,(H,21,25). The van der Waals surface area contributed by atoms with Crippen molar-refractivity contribution in [3.8, 4) is 5.75 Å². The van der Waals surface area contributed by atoms with Crippen LogP contribution in [-0.4, -0.2) is 41.1 Å². The molecule has 0 saturated heterocycles. The minimum atomic E-state index is -0.561. The lowest BCUT2D eigenvalue weighted by Crippen LogP contribution is -2.25. The Balaban J connectivity index is 1.57. The van der Waals surface area contributed by atoms with E-state index < -0.39 is 10.8 Å². The lowest BCUT2D eigenvalue weighted by atomic mass is 10.1. The number of nitrogens with zero attached hydrogens (tertiary/aromatic N) is 3. The van der Waals surface area contributed by atoms with E-state index in [9.17, 15) is 19.7 Å². The summed E-state index contributed by atoms with van der Waals surface area (Å²) in [5.74, 6) is -0.396. The molecule has 0 saturated carbocycles. The zero-order valence-corrected chi connectivity index (χ0v) is 15.8. The number of amides is 2. The summed E-state index contributed by atoms with van der Waals surface area (Å²) in [5.41, 5.74) is 1.82. The van der Waals surface area contributed by atoms with Gasteiger partial charge in [-0.15, -0.1) is 0 Å². The molecule has 0 aromatic heterocycles. The molecule has 150 valence electrons. The number of nitrogens with one attached hydrogen (secondary N) is 1. The zero-order chi connectivity index (χ0) is 20.8.